The van der Waals surface area contributed by atoms with E-state index in [4.69, 9.17) is 0 Å². The average Bonchev–Trinajstić information content (AvgIpc) is 1.65. The highest BCUT2D eigenvalue weighted by Crippen LogP contribution is 2.25. The predicted octanol–water partition coefficient (Wildman–Crippen LogP) is 1.43. The zero-order valence-electron chi connectivity index (χ0n) is 5.48. The van der Waals surface area contributed by atoms with Gasteiger partial charge in [-0.25, -0.2) is 0 Å². The smallest absolute Gasteiger partial charge is 0.00898 e. The summed E-state index contributed by atoms with van der Waals surface area (Å²) in [7, 11) is 2.04. The highest BCUT2D eigenvalue weighted by Gasteiger charge is 2.23. The van der Waals surface area contributed by atoms with Crippen LogP contribution >= 0.6 is 12.4 Å². The maximum atomic E-state index is 3.25. The summed E-state index contributed by atoms with van der Waals surface area (Å²) in [5, 5.41) is 3.25. The van der Waals surface area contributed by atoms with Gasteiger partial charge in [0.15, 0.2) is 0 Å². The third-order valence-electron chi connectivity index (χ3n) is 1.99. The second-order valence-corrected chi connectivity index (χ2v) is 2.45. The fraction of sp³-hybridized carbons (Fsp3) is 1.00. The van der Waals surface area contributed by atoms with Crippen molar-refractivity contribution in [1.29, 1.82) is 0 Å². The molecule has 8 heavy (non-hydrogen) atoms. The van der Waals surface area contributed by atoms with Crippen LogP contribution in [0.4, 0.5) is 0 Å². The molecule has 1 fully saturated rings. The van der Waals surface area contributed by atoms with Crippen LogP contribution in [0, 0.1) is 5.92 Å². The first-order valence-electron chi connectivity index (χ1n) is 3.02. The van der Waals surface area contributed by atoms with Crippen LogP contribution in [0.15, 0.2) is 0 Å². The minimum absolute atomic E-state index is 0. The average molecular weight is 136 g/mol. The number of rotatable bonds is 1. The van der Waals surface area contributed by atoms with E-state index in [2.05, 4.69) is 12.2 Å². The van der Waals surface area contributed by atoms with Crippen molar-refractivity contribution in [2.24, 2.45) is 5.92 Å². The molecule has 1 aliphatic carbocycles. The first-order chi connectivity index (χ1) is 3.34. The number of halogens is 1. The van der Waals surface area contributed by atoms with Crippen molar-refractivity contribution in [2.75, 3.05) is 7.05 Å². The molecular weight excluding hydrogens is 122 g/mol. The van der Waals surface area contributed by atoms with Crippen LogP contribution in [-0.2, 0) is 0 Å². The fourth-order valence-electron chi connectivity index (χ4n) is 1.10. The van der Waals surface area contributed by atoms with E-state index >= 15 is 0 Å². The van der Waals surface area contributed by atoms with E-state index in [1.807, 2.05) is 7.05 Å². The number of hydrogen-bond donors (Lipinski definition) is 1. The van der Waals surface area contributed by atoms with E-state index in [0.29, 0.717) is 0 Å². The van der Waals surface area contributed by atoms with Crippen molar-refractivity contribution in [2.45, 2.75) is 25.8 Å². The van der Waals surface area contributed by atoms with Crippen LogP contribution < -0.4 is 5.32 Å². The lowest BCUT2D eigenvalue weighted by molar-refractivity contribution is 0.243. The van der Waals surface area contributed by atoms with Crippen LogP contribution in [0.1, 0.15) is 19.8 Å². The molecule has 0 aromatic heterocycles. The summed E-state index contributed by atoms with van der Waals surface area (Å²) in [6.45, 7) is 2.30. The van der Waals surface area contributed by atoms with Gasteiger partial charge in [0.1, 0.15) is 0 Å². The lowest BCUT2D eigenvalue weighted by Gasteiger charge is -2.33. The minimum atomic E-state index is 0. The summed E-state index contributed by atoms with van der Waals surface area (Å²) in [5.74, 6) is 0.935. The zero-order chi connectivity index (χ0) is 5.28. The summed E-state index contributed by atoms with van der Waals surface area (Å²) in [6, 6.07) is 0.833. The Morgan fingerprint density at radius 3 is 2.00 bits per heavy atom. The normalized spacial score (nSPS) is 35.2. The molecular formula is C6H14ClN. The molecule has 0 aliphatic heterocycles. The molecule has 50 valence electrons. The summed E-state index contributed by atoms with van der Waals surface area (Å²) >= 11 is 0. The molecule has 0 heterocycles. The first kappa shape index (κ1) is 8.25. The molecule has 1 nitrogen and oxygen atoms in total. The van der Waals surface area contributed by atoms with Crippen molar-refractivity contribution in [1.82, 2.24) is 5.32 Å². The Bertz CT molecular complexity index is 63.5. The molecule has 0 spiro atoms. The van der Waals surface area contributed by atoms with E-state index in [-0.39, 0.29) is 12.4 Å². The predicted molar refractivity (Wildman–Crippen MR) is 38.5 cm³/mol. The highest BCUT2D eigenvalue weighted by molar-refractivity contribution is 5.85. The SMILES string of the molecule is CNC1CCC1C.Cl. The van der Waals surface area contributed by atoms with Crippen molar-refractivity contribution in [3.8, 4) is 0 Å². The van der Waals surface area contributed by atoms with Gasteiger partial charge >= 0.3 is 0 Å². The molecule has 1 saturated carbocycles. The van der Waals surface area contributed by atoms with Crippen molar-refractivity contribution in [3.05, 3.63) is 0 Å². The van der Waals surface area contributed by atoms with Gasteiger partial charge in [-0.1, -0.05) is 6.92 Å². The monoisotopic (exact) mass is 135 g/mol. The Hall–Kier alpha value is 0.250. The first-order valence-corrected chi connectivity index (χ1v) is 3.02. The van der Waals surface area contributed by atoms with E-state index in [0.717, 1.165) is 12.0 Å². The van der Waals surface area contributed by atoms with Gasteiger partial charge in [0.05, 0.1) is 0 Å². The van der Waals surface area contributed by atoms with Crippen molar-refractivity contribution in [3.63, 3.8) is 0 Å². The van der Waals surface area contributed by atoms with Gasteiger partial charge in [-0.2, -0.15) is 0 Å². The number of nitrogens with one attached hydrogen (secondary N) is 1. The molecule has 0 radical (unpaired) electrons. The molecule has 0 aromatic carbocycles. The second-order valence-electron chi connectivity index (χ2n) is 2.45. The molecule has 0 bridgehead atoms. The van der Waals surface area contributed by atoms with Gasteiger partial charge in [-0.15, -0.1) is 12.4 Å². The highest BCUT2D eigenvalue weighted by atomic mass is 35.5. The summed E-state index contributed by atoms with van der Waals surface area (Å²) in [5.41, 5.74) is 0. The molecule has 2 atom stereocenters. The third-order valence-corrected chi connectivity index (χ3v) is 1.99. The molecule has 2 unspecified atom stereocenters. The molecule has 0 saturated heterocycles. The second kappa shape index (κ2) is 3.31. The standard InChI is InChI=1S/C6H13N.ClH/c1-5-3-4-6(5)7-2;/h5-7H,3-4H2,1-2H3;1H. The lowest BCUT2D eigenvalue weighted by Crippen LogP contribution is -2.39. The molecule has 0 amide bonds. The van der Waals surface area contributed by atoms with E-state index in [9.17, 15) is 0 Å². The van der Waals surface area contributed by atoms with Gasteiger partial charge in [-0.3, -0.25) is 0 Å². The largest absolute Gasteiger partial charge is 0.317 e. The molecule has 2 heteroatoms. The lowest BCUT2D eigenvalue weighted by atomic mass is 9.81. The third kappa shape index (κ3) is 1.36. The van der Waals surface area contributed by atoms with Crippen LogP contribution in [0.5, 0.6) is 0 Å². The van der Waals surface area contributed by atoms with Crippen molar-refractivity contribution >= 4 is 12.4 Å². The molecule has 1 N–H and O–H groups in total. The topological polar surface area (TPSA) is 12.0 Å². The zero-order valence-corrected chi connectivity index (χ0v) is 6.29. The number of hydrogen-bond acceptors (Lipinski definition) is 1. The molecule has 1 rings (SSSR count). The Morgan fingerprint density at radius 1 is 1.38 bits per heavy atom. The maximum absolute atomic E-state index is 3.25. The maximum Gasteiger partial charge on any atom is 0.00898 e. The summed E-state index contributed by atoms with van der Waals surface area (Å²) in [6.07, 6.45) is 2.81. The van der Waals surface area contributed by atoms with Crippen LogP contribution in [0.3, 0.4) is 0 Å². The fourth-order valence-corrected chi connectivity index (χ4v) is 1.10. The Labute approximate surface area is 57.3 Å². The van der Waals surface area contributed by atoms with Crippen LogP contribution in [-0.4, -0.2) is 13.1 Å². The van der Waals surface area contributed by atoms with Gasteiger partial charge in [0, 0.05) is 6.04 Å². The quantitative estimate of drug-likeness (QED) is 0.574. The van der Waals surface area contributed by atoms with Crippen molar-refractivity contribution < 1.29 is 0 Å². The van der Waals surface area contributed by atoms with Gasteiger partial charge in [0.2, 0.25) is 0 Å². The Morgan fingerprint density at radius 2 is 2.00 bits per heavy atom. The van der Waals surface area contributed by atoms with Gasteiger partial charge < -0.3 is 5.32 Å². The minimum Gasteiger partial charge on any atom is -0.317 e. The van der Waals surface area contributed by atoms with E-state index in [1.165, 1.54) is 12.8 Å². The van der Waals surface area contributed by atoms with Crippen LogP contribution in [0.2, 0.25) is 0 Å². The summed E-state index contributed by atoms with van der Waals surface area (Å²) < 4.78 is 0. The van der Waals surface area contributed by atoms with Gasteiger partial charge in [-0.05, 0) is 25.8 Å². The van der Waals surface area contributed by atoms with Crippen LogP contribution in [0.25, 0.3) is 0 Å². The van der Waals surface area contributed by atoms with E-state index < -0.39 is 0 Å². The summed E-state index contributed by atoms with van der Waals surface area (Å²) in [4.78, 5) is 0. The van der Waals surface area contributed by atoms with E-state index in [1.54, 1.807) is 0 Å². The molecule has 0 aromatic rings. The Balaban J connectivity index is 0.000000490. The Kier molecular flexibility index (Phi) is 3.41. The molecule has 1 aliphatic rings. The van der Waals surface area contributed by atoms with Gasteiger partial charge in [0.25, 0.3) is 0 Å².